The zero-order chi connectivity index (χ0) is 19.2. The summed E-state index contributed by atoms with van der Waals surface area (Å²) in [5.74, 6) is -0.426. The summed E-state index contributed by atoms with van der Waals surface area (Å²) in [4.78, 5) is 24.6. The molecule has 0 saturated carbocycles. The Hall–Kier alpha value is -3.34. The Morgan fingerprint density at radius 3 is 2.30 bits per heavy atom. The molecule has 0 aliphatic carbocycles. The summed E-state index contributed by atoms with van der Waals surface area (Å²) in [6.07, 6.45) is 2.62. The number of benzene rings is 2. The van der Waals surface area contributed by atoms with Crippen molar-refractivity contribution in [2.24, 2.45) is 0 Å². The SMILES string of the molecule is CCOC(=O)/C=C/c1c(-c2ccccc2)n(C(=O)OCC)c2ccccc12. The Labute approximate surface area is 157 Å². The number of carbonyl (C=O) groups excluding carboxylic acids is 2. The van der Waals surface area contributed by atoms with Gasteiger partial charge in [0.1, 0.15) is 0 Å². The maximum atomic E-state index is 12.7. The first-order valence-electron chi connectivity index (χ1n) is 8.88. The van der Waals surface area contributed by atoms with Gasteiger partial charge in [-0.3, -0.25) is 0 Å². The maximum Gasteiger partial charge on any atom is 0.418 e. The number of nitrogens with zero attached hydrogens (tertiary/aromatic N) is 1. The minimum atomic E-state index is -0.455. The molecule has 0 aliphatic rings. The fourth-order valence-electron chi connectivity index (χ4n) is 3.03. The lowest BCUT2D eigenvalue weighted by Gasteiger charge is -2.10. The van der Waals surface area contributed by atoms with E-state index in [2.05, 4.69) is 0 Å². The van der Waals surface area contributed by atoms with E-state index in [1.807, 2.05) is 54.6 Å². The molecule has 27 heavy (non-hydrogen) atoms. The Kier molecular flexibility index (Phi) is 5.71. The second kappa shape index (κ2) is 8.36. The summed E-state index contributed by atoms with van der Waals surface area (Å²) in [6.45, 7) is 4.11. The first-order valence-corrected chi connectivity index (χ1v) is 8.88. The van der Waals surface area contributed by atoms with Gasteiger partial charge in [-0.25, -0.2) is 14.2 Å². The lowest BCUT2D eigenvalue weighted by molar-refractivity contribution is -0.137. The summed E-state index contributed by atoms with van der Waals surface area (Å²) in [5, 5.41) is 0.852. The highest BCUT2D eigenvalue weighted by molar-refractivity contribution is 6.05. The quantitative estimate of drug-likeness (QED) is 0.478. The van der Waals surface area contributed by atoms with Crippen molar-refractivity contribution in [1.82, 2.24) is 4.57 Å². The molecule has 1 heterocycles. The maximum absolute atomic E-state index is 12.7. The van der Waals surface area contributed by atoms with Gasteiger partial charge in [-0.15, -0.1) is 0 Å². The van der Waals surface area contributed by atoms with Crippen molar-refractivity contribution < 1.29 is 19.1 Å². The zero-order valence-corrected chi connectivity index (χ0v) is 15.3. The molecule has 138 valence electrons. The molecular formula is C22H21NO4. The average Bonchev–Trinajstić information content (AvgIpc) is 3.02. The number of para-hydroxylation sites is 1. The Balaban J connectivity index is 2.29. The summed E-state index contributed by atoms with van der Waals surface area (Å²) in [7, 11) is 0. The van der Waals surface area contributed by atoms with E-state index >= 15 is 0 Å². The largest absolute Gasteiger partial charge is 0.463 e. The van der Waals surface area contributed by atoms with Gasteiger partial charge in [0.15, 0.2) is 0 Å². The van der Waals surface area contributed by atoms with E-state index in [1.54, 1.807) is 24.5 Å². The molecule has 1 aromatic heterocycles. The van der Waals surface area contributed by atoms with Crippen molar-refractivity contribution in [2.45, 2.75) is 13.8 Å². The molecule has 3 aromatic rings. The number of ether oxygens (including phenoxy) is 2. The molecule has 0 radical (unpaired) electrons. The van der Waals surface area contributed by atoms with Gasteiger partial charge in [0.05, 0.1) is 24.4 Å². The van der Waals surface area contributed by atoms with E-state index in [9.17, 15) is 9.59 Å². The first kappa shape index (κ1) is 18.5. The van der Waals surface area contributed by atoms with Gasteiger partial charge < -0.3 is 9.47 Å². The van der Waals surface area contributed by atoms with Crippen LogP contribution in [0.3, 0.4) is 0 Å². The van der Waals surface area contributed by atoms with Crippen LogP contribution in [0.5, 0.6) is 0 Å². The second-order valence-corrected chi connectivity index (χ2v) is 5.77. The summed E-state index contributed by atoms with van der Waals surface area (Å²) < 4.78 is 11.8. The molecular weight excluding hydrogens is 342 g/mol. The number of hydrogen-bond acceptors (Lipinski definition) is 4. The van der Waals surface area contributed by atoms with Crippen LogP contribution in [0.25, 0.3) is 28.2 Å². The molecule has 0 spiro atoms. The number of aromatic nitrogens is 1. The molecule has 0 bridgehead atoms. The van der Waals surface area contributed by atoms with Gasteiger partial charge >= 0.3 is 12.1 Å². The summed E-state index contributed by atoms with van der Waals surface area (Å²) in [6, 6.07) is 17.1. The van der Waals surface area contributed by atoms with Crippen molar-refractivity contribution in [3.8, 4) is 11.3 Å². The molecule has 0 N–H and O–H groups in total. The molecule has 0 amide bonds. The van der Waals surface area contributed by atoms with E-state index in [0.29, 0.717) is 12.3 Å². The minimum absolute atomic E-state index is 0.271. The standard InChI is InChI=1S/C22H21NO4/c1-3-26-20(24)15-14-18-17-12-8-9-13-19(17)23(22(25)27-4-2)21(18)16-10-6-5-7-11-16/h5-15H,3-4H2,1-2H3/b15-14+. The molecule has 0 fully saturated rings. The third-order valence-electron chi connectivity index (χ3n) is 4.08. The monoisotopic (exact) mass is 363 g/mol. The van der Waals surface area contributed by atoms with Crippen LogP contribution in [0.4, 0.5) is 4.79 Å². The predicted octanol–water partition coefficient (Wildman–Crippen LogP) is 4.89. The van der Waals surface area contributed by atoms with Crippen molar-refractivity contribution in [3.63, 3.8) is 0 Å². The van der Waals surface area contributed by atoms with Gasteiger partial charge in [-0.2, -0.15) is 0 Å². The lowest BCUT2D eigenvalue weighted by Crippen LogP contribution is -2.14. The minimum Gasteiger partial charge on any atom is -0.463 e. The fourth-order valence-corrected chi connectivity index (χ4v) is 3.03. The Morgan fingerprint density at radius 1 is 0.926 bits per heavy atom. The second-order valence-electron chi connectivity index (χ2n) is 5.77. The van der Waals surface area contributed by atoms with Crippen LogP contribution >= 0.6 is 0 Å². The van der Waals surface area contributed by atoms with E-state index < -0.39 is 12.1 Å². The molecule has 5 heteroatoms. The van der Waals surface area contributed by atoms with E-state index in [4.69, 9.17) is 9.47 Å². The smallest absolute Gasteiger partial charge is 0.418 e. The van der Waals surface area contributed by atoms with E-state index in [-0.39, 0.29) is 6.61 Å². The van der Waals surface area contributed by atoms with Gasteiger partial charge in [-0.1, -0.05) is 48.5 Å². The van der Waals surface area contributed by atoms with Crippen LogP contribution in [0, 0.1) is 0 Å². The summed E-state index contributed by atoms with van der Waals surface area (Å²) in [5.41, 5.74) is 3.01. The highest BCUT2D eigenvalue weighted by Gasteiger charge is 2.22. The van der Waals surface area contributed by atoms with Crippen LogP contribution in [0.2, 0.25) is 0 Å². The van der Waals surface area contributed by atoms with Crippen LogP contribution in [0.15, 0.2) is 60.7 Å². The molecule has 0 saturated heterocycles. The van der Waals surface area contributed by atoms with Crippen LogP contribution in [-0.4, -0.2) is 29.8 Å². The molecule has 0 atom stereocenters. The van der Waals surface area contributed by atoms with E-state index in [1.165, 1.54) is 6.08 Å². The van der Waals surface area contributed by atoms with Gasteiger partial charge in [0.25, 0.3) is 0 Å². The number of carbonyl (C=O) groups is 2. The van der Waals surface area contributed by atoms with Crippen molar-refractivity contribution >= 4 is 29.0 Å². The third kappa shape index (κ3) is 3.77. The Morgan fingerprint density at radius 2 is 1.59 bits per heavy atom. The average molecular weight is 363 g/mol. The molecule has 0 unspecified atom stereocenters. The van der Waals surface area contributed by atoms with Gasteiger partial charge in [0, 0.05) is 17.0 Å². The van der Waals surface area contributed by atoms with Crippen molar-refractivity contribution in [1.29, 1.82) is 0 Å². The van der Waals surface area contributed by atoms with Gasteiger partial charge in [-0.05, 0) is 31.6 Å². The van der Waals surface area contributed by atoms with Crippen LogP contribution < -0.4 is 0 Å². The molecule has 5 nitrogen and oxygen atoms in total. The molecule has 3 rings (SSSR count). The van der Waals surface area contributed by atoms with Crippen molar-refractivity contribution in [3.05, 3.63) is 66.2 Å². The lowest BCUT2D eigenvalue weighted by atomic mass is 10.0. The van der Waals surface area contributed by atoms with Gasteiger partial charge in [0.2, 0.25) is 0 Å². The normalized spacial score (nSPS) is 11.0. The number of hydrogen-bond donors (Lipinski definition) is 0. The summed E-state index contributed by atoms with van der Waals surface area (Å²) >= 11 is 0. The number of rotatable bonds is 5. The number of esters is 1. The predicted molar refractivity (Wildman–Crippen MR) is 105 cm³/mol. The Bertz CT molecular complexity index is 986. The highest BCUT2D eigenvalue weighted by Crippen LogP contribution is 2.35. The van der Waals surface area contributed by atoms with Crippen LogP contribution in [-0.2, 0) is 14.3 Å². The van der Waals surface area contributed by atoms with E-state index in [0.717, 1.165) is 22.0 Å². The number of fused-ring (bicyclic) bond motifs is 1. The first-order chi connectivity index (χ1) is 13.2. The zero-order valence-electron chi connectivity index (χ0n) is 15.3. The molecule has 2 aromatic carbocycles. The topological polar surface area (TPSA) is 57.5 Å². The van der Waals surface area contributed by atoms with Crippen LogP contribution in [0.1, 0.15) is 19.4 Å². The highest BCUT2D eigenvalue weighted by atomic mass is 16.5. The van der Waals surface area contributed by atoms with Crippen molar-refractivity contribution in [2.75, 3.05) is 13.2 Å². The molecule has 0 aliphatic heterocycles. The third-order valence-corrected chi connectivity index (χ3v) is 4.08. The fraction of sp³-hybridized carbons (Fsp3) is 0.182.